The maximum absolute atomic E-state index is 12.2. The van der Waals surface area contributed by atoms with Gasteiger partial charge in [-0.15, -0.1) is 0 Å². The van der Waals surface area contributed by atoms with Crippen LogP contribution in [0.1, 0.15) is 18.2 Å². The lowest BCUT2D eigenvalue weighted by Gasteiger charge is -2.30. The van der Waals surface area contributed by atoms with Crippen molar-refractivity contribution in [1.29, 1.82) is 0 Å². The number of aromatic nitrogens is 1. The normalized spacial score (nSPS) is 20.9. The van der Waals surface area contributed by atoms with E-state index in [9.17, 15) is 4.79 Å². The van der Waals surface area contributed by atoms with Crippen LogP contribution in [0.5, 0.6) is 0 Å². The monoisotopic (exact) mass is 264 g/mol. The van der Waals surface area contributed by atoms with Crippen LogP contribution in [-0.2, 0) is 17.6 Å². The van der Waals surface area contributed by atoms with E-state index < -0.39 is 0 Å². The van der Waals surface area contributed by atoms with Gasteiger partial charge in [-0.05, 0) is 25.1 Å². The van der Waals surface area contributed by atoms with Crippen LogP contribution in [0.4, 0.5) is 0 Å². The van der Waals surface area contributed by atoms with Gasteiger partial charge < -0.3 is 0 Å². The molecular formula is C14H20N2OS. The fourth-order valence-electron chi connectivity index (χ4n) is 2.09. The van der Waals surface area contributed by atoms with Crippen LogP contribution in [-0.4, -0.2) is 46.8 Å². The highest BCUT2D eigenvalue weighted by atomic mass is 32.2. The van der Waals surface area contributed by atoms with Gasteiger partial charge in [0.1, 0.15) is 0 Å². The Morgan fingerprint density at radius 3 is 3.00 bits per heavy atom. The van der Waals surface area contributed by atoms with E-state index >= 15 is 0 Å². The lowest BCUT2D eigenvalue weighted by atomic mass is 10.1. The Kier molecular flexibility index (Phi) is 4.78. The number of ketones is 1. The summed E-state index contributed by atoms with van der Waals surface area (Å²) < 4.78 is 0. The molecule has 0 aromatic carbocycles. The number of hydrogen-bond donors (Lipinski definition) is 0. The van der Waals surface area contributed by atoms with Gasteiger partial charge in [-0.1, -0.05) is 13.0 Å². The zero-order chi connectivity index (χ0) is 13.0. The molecule has 0 radical (unpaired) electrons. The molecule has 2 rings (SSSR count). The molecule has 0 N–H and O–H groups in total. The first-order valence-electron chi connectivity index (χ1n) is 6.45. The Hall–Kier alpha value is -0.870. The summed E-state index contributed by atoms with van der Waals surface area (Å²) in [4.78, 5) is 18.8. The first-order valence-corrected chi connectivity index (χ1v) is 7.60. The summed E-state index contributed by atoms with van der Waals surface area (Å²) in [5, 5.41) is 0. The van der Waals surface area contributed by atoms with Crippen molar-refractivity contribution < 1.29 is 4.79 Å². The van der Waals surface area contributed by atoms with E-state index in [2.05, 4.69) is 22.9 Å². The predicted octanol–water partition coefficient (Wildman–Crippen LogP) is 1.80. The van der Waals surface area contributed by atoms with Gasteiger partial charge in [0, 0.05) is 29.9 Å². The summed E-state index contributed by atoms with van der Waals surface area (Å²) in [5.41, 5.74) is 2.11. The largest absolute Gasteiger partial charge is 0.297 e. The molecule has 1 aromatic rings. The maximum Gasteiger partial charge on any atom is 0.156 e. The number of pyridine rings is 1. The zero-order valence-electron chi connectivity index (χ0n) is 11.1. The number of Topliss-reactive ketones (excluding diaryl/α,β-unsaturated/α-hetero) is 1. The van der Waals surface area contributed by atoms with Gasteiger partial charge >= 0.3 is 0 Å². The second-order valence-corrected chi connectivity index (χ2v) is 5.88. The van der Waals surface area contributed by atoms with E-state index in [1.807, 2.05) is 31.1 Å². The molecule has 1 aliphatic heterocycles. The molecule has 0 saturated carbocycles. The molecule has 1 fully saturated rings. The van der Waals surface area contributed by atoms with E-state index in [-0.39, 0.29) is 6.04 Å². The van der Waals surface area contributed by atoms with E-state index in [4.69, 9.17) is 0 Å². The molecule has 2 heterocycles. The minimum Gasteiger partial charge on any atom is -0.297 e. The number of carbonyl (C=O) groups is 1. The number of likely N-dealkylation sites (N-methyl/N-ethyl adjacent to an activating group) is 1. The average Bonchev–Trinajstić information content (AvgIpc) is 2.40. The fourth-order valence-corrected chi connectivity index (χ4v) is 3.34. The van der Waals surface area contributed by atoms with E-state index in [1.165, 1.54) is 5.56 Å². The quantitative estimate of drug-likeness (QED) is 0.830. The van der Waals surface area contributed by atoms with Crippen molar-refractivity contribution in [3.63, 3.8) is 0 Å². The first-order chi connectivity index (χ1) is 8.70. The highest BCUT2D eigenvalue weighted by Crippen LogP contribution is 2.16. The molecule has 98 valence electrons. The number of hydrogen-bond acceptors (Lipinski definition) is 4. The fraction of sp³-hybridized carbons (Fsp3) is 0.571. The molecule has 18 heavy (non-hydrogen) atoms. The van der Waals surface area contributed by atoms with Crippen molar-refractivity contribution in [1.82, 2.24) is 9.88 Å². The molecule has 3 nitrogen and oxygen atoms in total. The van der Waals surface area contributed by atoms with E-state index in [0.717, 1.165) is 30.2 Å². The molecule has 1 aliphatic rings. The van der Waals surface area contributed by atoms with Crippen molar-refractivity contribution in [2.75, 3.05) is 25.1 Å². The smallest absolute Gasteiger partial charge is 0.156 e. The van der Waals surface area contributed by atoms with Gasteiger partial charge in [-0.3, -0.25) is 14.7 Å². The molecular weight excluding hydrogens is 244 g/mol. The van der Waals surface area contributed by atoms with Crippen LogP contribution in [0.3, 0.4) is 0 Å². The Balaban J connectivity index is 1.97. The van der Waals surface area contributed by atoms with Crippen molar-refractivity contribution in [3.05, 3.63) is 29.6 Å². The van der Waals surface area contributed by atoms with Gasteiger partial charge in [-0.2, -0.15) is 11.8 Å². The molecule has 1 saturated heterocycles. The lowest BCUT2D eigenvalue weighted by molar-refractivity contribution is -0.122. The van der Waals surface area contributed by atoms with Crippen LogP contribution in [0.25, 0.3) is 0 Å². The van der Waals surface area contributed by atoms with Gasteiger partial charge in [0.2, 0.25) is 0 Å². The number of thioether (sulfide) groups is 1. The second-order valence-electron chi connectivity index (χ2n) is 4.73. The molecule has 1 unspecified atom stereocenters. The summed E-state index contributed by atoms with van der Waals surface area (Å²) in [6.07, 6.45) is 3.32. The first kappa shape index (κ1) is 13.6. The van der Waals surface area contributed by atoms with Crippen LogP contribution in [0.15, 0.2) is 18.3 Å². The van der Waals surface area contributed by atoms with Gasteiger partial charge in [-0.25, -0.2) is 0 Å². The molecule has 0 bridgehead atoms. The summed E-state index contributed by atoms with van der Waals surface area (Å²) in [6, 6.07) is 4.11. The Morgan fingerprint density at radius 1 is 1.56 bits per heavy atom. The van der Waals surface area contributed by atoms with Crippen LogP contribution >= 0.6 is 11.8 Å². The summed E-state index contributed by atoms with van der Waals surface area (Å²) in [7, 11) is 2.04. The summed E-state index contributed by atoms with van der Waals surface area (Å²) in [5.74, 6) is 2.34. The lowest BCUT2D eigenvalue weighted by Crippen LogP contribution is -2.45. The third kappa shape index (κ3) is 3.33. The highest BCUT2D eigenvalue weighted by molar-refractivity contribution is 7.99. The standard InChI is InChI=1S/C14H20N2OS/c1-3-11-4-5-12(15-9-11)8-14(17)13-10-18-7-6-16(13)2/h4-5,9,13H,3,6-8,10H2,1-2H3. The average molecular weight is 264 g/mol. The molecule has 0 aliphatic carbocycles. The van der Waals surface area contributed by atoms with E-state index in [1.54, 1.807) is 0 Å². The Labute approximate surface area is 113 Å². The highest BCUT2D eigenvalue weighted by Gasteiger charge is 2.26. The predicted molar refractivity (Wildman–Crippen MR) is 76.1 cm³/mol. The maximum atomic E-state index is 12.2. The third-order valence-corrected chi connectivity index (χ3v) is 4.44. The Morgan fingerprint density at radius 2 is 2.39 bits per heavy atom. The summed E-state index contributed by atoms with van der Waals surface area (Å²) >= 11 is 1.87. The summed E-state index contributed by atoms with van der Waals surface area (Å²) in [6.45, 7) is 3.11. The molecule has 1 aromatic heterocycles. The second kappa shape index (κ2) is 6.34. The SMILES string of the molecule is CCc1ccc(CC(=O)C2CSCCN2C)nc1. The van der Waals surface area contributed by atoms with E-state index in [0.29, 0.717) is 12.2 Å². The van der Waals surface area contributed by atoms with Crippen molar-refractivity contribution in [2.45, 2.75) is 25.8 Å². The minimum absolute atomic E-state index is 0.0661. The van der Waals surface area contributed by atoms with Gasteiger partial charge in [0.25, 0.3) is 0 Å². The minimum atomic E-state index is 0.0661. The molecule has 4 heteroatoms. The molecule has 0 spiro atoms. The molecule has 1 atom stereocenters. The van der Waals surface area contributed by atoms with Crippen LogP contribution in [0, 0.1) is 0 Å². The van der Waals surface area contributed by atoms with Crippen molar-refractivity contribution in [3.8, 4) is 0 Å². The third-order valence-electron chi connectivity index (χ3n) is 3.42. The van der Waals surface area contributed by atoms with Crippen molar-refractivity contribution >= 4 is 17.5 Å². The zero-order valence-corrected chi connectivity index (χ0v) is 11.9. The van der Waals surface area contributed by atoms with Gasteiger partial charge in [0.15, 0.2) is 5.78 Å². The molecule has 0 amide bonds. The number of nitrogens with zero attached hydrogens (tertiary/aromatic N) is 2. The number of aryl methyl sites for hydroxylation is 1. The van der Waals surface area contributed by atoms with Crippen LogP contribution < -0.4 is 0 Å². The van der Waals surface area contributed by atoms with Crippen LogP contribution in [0.2, 0.25) is 0 Å². The Bertz CT molecular complexity index is 405. The van der Waals surface area contributed by atoms with Gasteiger partial charge in [0.05, 0.1) is 12.5 Å². The number of rotatable bonds is 4. The topological polar surface area (TPSA) is 33.2 Å². The number of carbonyl (C=O) groups excluding carboxylic acids is 1. The van der Waals surface area contributed by atoms with Crippen molar-refractivity contribution in [2.24, 2.45) is 0 Å².